The average molecular weight is 248 g/mol. The Kier molecular flexibility index (Phi) is 4.75. The van der Waals surface area contributed by atoms with Crippen LogP contribution in [0.25, 0.3) is 0 Å². The van der Waals surface area contributed by atoms with E-state index in [4.69, 9.17) is 5.73 Å². The number of piperidine rings is 1. The van der Waals surface area contributed by atoms with E-state index < -0.39 is 6.10 Å². The van der Waals surface area contributed by atoms with Gasteiger partial charge in [-0.15, -0.1) is 0 Å². The van der Waals surface area contributed by atoms with Crippen molar-refractivity contribution in [1.29, 1.82) is 0 Å². The van der Waals surface area contributed by atoms with E-state index >= 15 is 0 Å². The van der Waals surface area contributed by atoms with E-state index in [0.29, 0.717) is 18.5 Å². The van der Waals surface area contributed by atoms with Crippen LogP contribution in [0.2, 0.25) is 0 Å². The lowest BCUT2D eigenvalue weighted by Gasteiger charge is -2.38. The number of nitrogens with two attached hydrogens (primary N) is 1. The molecule has 3 N–H and O–H groups in total. The van der Waals surface area contributed by atoms with Crippen LogP contribution < -0.4 is 5.73 Å². The third-order valence-corrected chi connectivity index (χ3v) is 4.03. The van der Waals surface area contributed by atoms with E-state index in [9.17, 15) is 5.11 Å². The van der Waals surface area contributed by atoms with Crippen molar-refractivity contribution < 1.29 is 5.11 Å². The summed E-state index contributed by atoms with van der Waals surface area (Å²) in [6.07, 6.45) is 2.00. The molecule has 18 heavy (non-hydrogen) atoms. The summed E-state index contributed by atoms with van der Waals surface area (Å²) in [4.78, 5) is 2.37. The topological polar surface area (TPSA) is 49.5 Å². The Hall–Kier alpha value is -0.900. The number of benzene rings is 1. The second-order valence-electron chi connectivity index (χ2n) is 5.41. The molecule has 1 aromatic rings. The van der Waals surface area contributed by atoms with Crippen molar-refractivity contribution >= 4 is 0 Å². The zero-order chi connectivity index (χ0) is 13.0. The van der Waals surface area contributed by atoms with Crippen LogP contribution in [0, 0.1) is 5.92 Å². The quantitative estimate of drug-likeness (QED) is 0.854. The van der Waals surface area contributed by atoms with Gasteiger partial charge in [0.25, 0.3) is 0 Å². The second-order valence-corrected chi connectivity index (χ2v) is 5.41. The van der Waals surface area contributed by atoms with E-state index in [2.05, 4.69) is 11.8 Å². The molecule has 0 spiro atoms. The van der Waals surface area contributed by atoms with Gasteiger partial charge in [0.2, 0.25) is 0 Å². The highest BCUT2D eigenvalue weighted by atomic mass is 16.3. The summed E-state index contributed by atoms with van der Waals surface area (Å²) in [6.45, 7) is 4.72. The summed E-state index contributed by atoms with van der Waals surface area (Å²) < 4.78 is 0. The molecule has 3 heteroatoms. The molecule has 1 aliphatic heterocycles. The van der Waals surface area contributed by atoms with Crippen molar-refractivity contribution in [2.45, 2.75) is 31.9 Å². The molecule has 0 aliphatic carbocycles. The summed E-state index contributed by atoms with van der Waals surface area (Å²) in [7, 11) is 0. The van der Waals surface area contributed by atoms with Crippen molar-refractivity contribution in [2.75, 3.05) is 19.6 Å². The van der Waals surface area contributed by atoms with Gasteiger partial charge in [-0.2, -0.15) is 0 Å². The van der Waals surface area contributed by atoms with Crippen LogP contribution in [0.4, 0.5) is 0 Å². The molecule has 3 nitrogen and oxygen atoms in total. The summed E-state index contributed by atoms with van der Waals surface area (Å²) in [5.41, 5.74) is 6.76. The smallest absolute Gasteiger partial charge is 0.0917 e. The minimum atomic E-state index is -0.398. The molecule has 1 aromatic carbocycles. The van der Waals surface area contributed by atoms with Crippen molar-refractivity contribution in [1.82, 2.24) is 4.90 Å². The molecule has 1 fully saturated rings. The Morgan fingerprint density at radius 2 is 2.06 bits per heavy atom. The normalized spacial score (nSPS) is 27.1. The van der Waals surface area contributed by atoms with Crippen LogP contribution in [0.15, 0.2) is 30.3 Å². The number of hydrogen-bond acceptors (Lipinski definition) is 3. The molecule has 0 radical (unpaired) electrons. The van der Waals surface area contributed by atoms with Gasteiger partial charge in [0.05, 0.1) is 6.10 Å². The van der Waals surface area contributed by atoms with Gasteiger partial charge in [0.15, 0.2) is 0 Å². The second kappa shape index (κ2) is 6.32. The first-order chi connectivity index (χ1) is 8.70. The molecule has 0 amide bonds. The maximum absolute atomic E-state index is 10.3. The molecule has 3 atom stereocenters. The number of nitrogens with zero attached hydrogens (tertiary/aromatic N) is 1. The van der Waals surface area contributed by atoms with Gasteiger partial charge < -0.3 is 10.8 Å². The lowest BCUT2D eigenvalue weighted by molar-refractivity contribution is 0.0549. The van der Waals surface area contributed by atoms with Crippen LogP contribution in [-0.4, -0.2) is 35.7 Å². The third kappa shape index (κ3) is 3.31. The minimum Gasteiger partial charge on any atom is -0.387 e. The van der Waals surface area contributed by atoms with E-state index in [0.717, 1.165) is 18.7 Å². The first kappa shape index (κ1) is 13.5. The highest BCUT2D eigenvalue weighted by Crippen LogP contribution is 2.24. The molecule has 100 valence electrons. The largest absolute Gasteiger partial charge is 0.387 e. The van der Waals surface area contributed by atoms with E-state index in [1.165, 1.54) is 12.8 Å². The summed E-state index contributed by atoms with van der Waals surface area (Å²) in [6, 6.07) is 10.4. The SMILES string of the molecule is CC1CCC(CN)CN1CC(O)c1ccccc1. The molecular weight excluding hydrogens is 224 g/mol. The third-order valence-electron chi connectivity index (χ3n) is 4.03. The Bertz CT molecular complexity index is 355. The lowest BCUT2D eigenvalue weighted by Crippen LogP contribution is -2.45. The Balaban J connectivity index is 1.95. The lowest BCUT2D eigenvalue weighted by atomic mass is 9.93. The van der Waals surface area contributed by atoms with E-state index in [-0.39, 0.29) is 0 Å². The highest BCUT2D eigenvalue weighted by Gasteiger charge is 2.26. The Labute approximate surface area is 110 Å². The number of likely N-dealkylation sites (tertiary alicyclic amines) is 1. The number of rotatable bonds is 4. The minimum absolute atomic E-state index is 0.398. The molecule has 2 rings (SSSR count). The van der Waals surface area contributed by atoms with Gasteiger partial charge in [0.1, 0.15) is 0 Å². The summed E-state index contributed by atoms with van der Waals surface area (Å²) >= 11 is 0. The van der Waals surface area contributed by atoms with Crippen LogP contribution in [0.5, 0.6) is 0 Å². The monoisotopic (exact) mass is 248 g/mol. The molecule has 0 aromatic heterocycles. The zero-order valence-corrected chi connectivity index (χ0v) is 11.1. The van der Waals surface area contributed by atoms with Gasteiger partial charge in [-0.1, -0.05) is 30.3 Å². The average Bonchev–Trinajstić information content (AvgIpc) is 2.42. The number of hydrogen-bond donors (Lipinski definition) is 2. The molecule has 3 unspecified atom stereocenters. The molecule has 0 bridgehead atoms. The first-order valence-corrected chi connectivity index (χ1v) is 6.88. The van der Waals surface area contributed by atoms with Gasteiger partial charge in [0, 0.05) is 19.1 Å². The fraction of sp³-hybridized carbons (Fsp3) is 0.600. The molecule has 1 aliphatic rings. The standard InChI is InChI=1S/C15H24N2O/c1-12-7-8-13(9-16)10-17(12)11-15(18)14-5-3-2-4-6-14/h2-6,12-13,15,18H,7-11,16H2,1H3. The molecular formula is C15H24N2O. The summed E-state index contributed by atoms with van der Waals surface area (Å²) in [5.74, 6) is 0.587. The summed E-state index contributed by atoms with van der Waals surface area (Å²) in [5, 5.41) is 10.3. The predicted octanol–water partition coefficient (Wildman–Crippen LogP) is 1.78. The van der Waals surface area contributed by atoms with E-state index in [1.807, 2.05) is 30.3 Å². The predicted molar refractivity (Wildman–Crippen MR) is 74.2 cm³/mol. The zero-order valence-electron chi connectivity index (χ0n) is 11.1. The van der Waals surface area contributed by atoms with Crippen LogP contribution in [0.1, 0.15) is 31.4 Å². The Morgan fingerprint density at radius 1 is 1.33 bits per heavy atom. The van der Waals surface area contributed by atoms with Crippen molar-refractivity contribution in [3.8, 4) is 0 Å². The van der Waals surface area contributed by atoms with Crippen LogP contribution >= 0.6 is 0 Å². The Morgan fingerprint density at radius 3 is 2.72 bits per heavy atom. The maximum atomic E-state index is 10.3. The fourth-order valence-electron chi connectivity index (χ4n) is 2.71. The van der Waals surface area contributed by atoms with Crippen molar-refractivity contribution in [3.63, 3.8) is 0 Å². The number of aliphatic hydroxyl groups excluding tert-OH is 1. The molecule has 1 saturated heterocycles. The van der Waals surface area contributed by atoms with Crippen LogP contribution in [0.3, 0.4) is 0 Å². The van der Waals surface area contributed by atoms with E-state index in [1.54, 1.807) is 0 Å². The number of β-amino-alcohol motifs (C(OH)–C–C–N with tert-alkyl or cyclic N) is 1. The van der Waals surface area contributed by atoms with Crippen LogP contribution in [-0.2, 0) is 0 Å². The highest BCUT2D eigenvalue weighted by molar-refractivity contribution is 5.17. The van der Waals surface area contributed by atoms with Crippen molar-refractivity contribution in [2.24, 2.45) is 11.7 Å². The van der Waals surface area contributed by atoms with Gasteiger partial charge in [-0.05, 0) is 37.8 Å². The molecule has 1 heterocycles. The van der Waals surface area contributed by atoms with Gasteiger partial charge >= 0.3 is 0 Å². The number of aliphatic hydroxyl groups is 1. The van der Waals surface area contributed by atoms with Gasteiger partial charge in [-0.3, -0.25) is 4.90 Å². The van der Waals surface area contributed by atoms with Crippen molar-refractivity contribution in [3.05, 3.63) is 35.9 Å². The first-order valence-electron chi connectivity index (χ1n) is 6.88. The maximum Gasteiger partial charge on any atom is 0.0917 e. The fourth-order valence-corrected chi connectivity index (χ4v) is 2.71. The van der Waals surface area contributed by atoms with Gasteiger partial charge in [-0.25, -0.2) is 0 Å². The molecule has 0 saturated carbocycles.